The van der Waals surface area contributed by atoms with Crippen LogP contribution < -0.4 is 4.90 Å². The van der Waals surface area contributed by atoms with E-state index in [1.165, 1.54) is 0 Å². The van der Waals surface area contributed by atoms with Crippen LogP contribution in [0.4, 0.5) is 5.82 Å². The molecule has 2 rings (SSSR count). The van der Waals surface area contributed by atoms with Crippen molar-refractivity contribution in [3.8, 4) is 0 Å². The van der Waals surface area contributed by atoms with E-state index >= 15 is 0 Å². The van der Waals surface area contributed by atoms with Gasteiger partial charge in [0.1, 0.15) is 5.82 Å². The Balaban J connectivity index is 2.00. The first-order chi connectivity index (χ1) is 8.74. The number of carbonyl (C=O) groups excluding carboxylic acids is 1. The fraction of sp³-hybridized carbons (Fsp3) is 0.538. The van der Waals surface area contributed by atoms with Crippen molar-refractivity contribution in [3.63, 3.8) is 0 Å². The Morgan fingerprint density at radius 3 is 2.61 bits per heavy atom. The van der Waals surface area contributed by atoms with Crippen molar-refractivity contribution in [2.24, 2.45) is 0 Å². The SMILES string of the molecule is CC[C@H](O)c1ccc(N2CCN(C=O)CC2)nc1. The number of anilines is 1. The summed E-state index contributed by atoms with van der Waals surface area (Å²) in [6, 6.07) is 3.85. The molecule has 2 heterocycles. The first kappa shape index (κ1) is 12.8. The van der Waals surface area contributed by atoms with Crippen molar-refractivity contribution in [2.45, 2.75) is 19.4 Å². The maximum atomic E-state index is 10.6. The van der Waals surface area contributed by atoms with Crippen molar-refractivity contribution in [1.82, 2.24) is 9.88 Å². The zero-order chi connectivity index (χ0) is 13.0. The van der Waals surface area contributed by atoms with Gasteiger partial charge in [-0.1, -0.05) is 13.0 Å². The van der Waals surface area contributed by atoms with Gasteiger partial charge < -0.3 is 14.9 Å². The molecule has 1 N–H and O–H groups in total. The van der Waals surface area contributed by atoms with E-state index in [0.29, 0.717) is 6.42 Å². The van der Waals surface area contributed by atoms with Crippen LogP contribution in [0.25, 0.3) is 0 Å². The van der Waals surface area contributed by atoms with Gasteiger partial charge in [-0.3, -0.25) is 4.79 Å². The van der Waals surface area contributed by atoms with Crippen molar-refractivity contribution in [1.29, 1.82) is 0 Å². The first-order valence-electron chi connectivity index (χ1n) is 6.33. The second kappa shape index (κ2) is 5.82. The molecule has 1 saturated heterocycles. The minimum absolute atomic E-state index is 0.432. The van der Waals surface area contributed by atoms with Crippen molar-refractivity contribution in [2.75, 3.05) is 31.1 Å². The Labute approximate surface area is 107 Å². The molecule has 0 unspecified atom stereocenters. The van der Waals surface area contributed by atoms with Crippen LogP contribution in [-0.2, 0) is 4.79 Å². The molecule has 5 nitrogen and oxygen atoms in total. The molecule has 0 radical (unpaired) electrons. The molecule has 1 amide bonds. The lowest BCUT2D eigenvalue weighted by molar-refractivity contribution is -0.118. The van der Waals surface area contributed by atoms with Crippen molar-refractivity contribution >= 4 is 12.2 Å². The molecule has 1 fully saturated rings. The smallest absolute Gasteiger partial charge is 0.209 e. The Bertz CT molecular complexity index is 386. The van der Waals surface area contributed by atoms with E-state index < -0.39 is 6.10 Å². The van der Waals surface area contributed by atoms with Gasteiger partial charge in [-0.05, 0) is 18.1 Å². The third-order valence-electron chi connectivity index (χ3n) is 3.33. The molecule has 1 aromatic heterocycles. The fourth-order valence-electron chi connectivity index (χ4n) is 2.07. The highest BCUT2D eigenvalue weighted by atomic mass is 16.3. The van der Waals surface area contributed by atoms with E-state index in [9.17, 15) is 9.90 Å². The third-order valence-corrected chi connectivity index (χ3v) is 3.33. The second-order valence-corrected chi connectivity index (χ2v) is 4.50. The molecule has 0 aliphatic carbocycles. The number of aliphatic hydroxyl groups is 1. The van der Waals surface area contributed by atoms with Crippen LogP contribution in [0.2, 0.25) is 0 Å². The molecule has 1 atom stereocenters. The number of rotatable bonds is 4. The van der Waals surface area contributed by atoms with Crippen molar-refractivity contribution < 1.29 is 9.90 Å². The molecule has 1 aliphatic rings. The van der Waals surface area contributed by atoms with Crippen LogP contribution in [0.3, 0.4) is 0 Å². The van der Waals surface area contributed by atoms with Gasteiger partial charge in [-0.2, -0.15) is 0 Å². The fourth-order valence-corrected chi connectivity index (χ4v) is 2.07. The number of nitrogens with zero attached hydrogens (tertiary/aromatic N) is 3. The summed E-state index contributed by atoms with van der Waals surface area (Å²) in [6.45, 7) is 5.04. The molecule has 0 saturated carbocycles. The highest BCUT2D eigenvalue weighted by Gasteiger charge is 2.16. The average Bonchev–Trinajstić information content (AvgIpc) is 2.47. The van der Waals surface area contributed by atoms with Crippen LogP contribution in [-0.4, -0.2) is 47.6 Å². The second-order valence-electron chi connectivity index (χ2n) is 4.50. The third kappa shape index (κ3) is 2.79. The number of aromatic nitrogens is 1. The molecule has 0 aromatic carbocycles. The van der Waals surface area contributed by atoms with Gasteiger partial charge >= 0.3 is 0 Å². The number of pyridine rings is 1. The monoisotopic (exact) mass is 249 g/mol. The first-order valence-corrected chi connectivity index (χ1v) is 6.33. The highest BCUT2D eigenvalue weighted by molar-refractivity contribution is 5.49. The molecule has 0 spiro atoms. The van der Waals surface area contributed by atoms with E-state index in [2.05, 4.69) is 9.88 Å². The van der Waals surface area contributed by atoms with E-state index in [1.807, 2.05) is 19.1 Å². The van der Waals surface area contributed by atoms with Gasteiger partial charge in [0.25, 0.3) is 0 Å². The average molecular weight is 249 g/mol. The number of carbonyl (C=O) groups is 1. The minimum atomic E-state index is -0.432. The molecular weight excluding hydrogens is 230 g/mol. The van der Waals surface area contributed by atoms with Crippen LogP contribution in [0.1, 0.15) is 25.0 Å². The highest BCUT2D eigenvalue weighted by Crippen LogP contribution is 2.19. The van der Waals surface area contributed by atoms with E-state index in [-0.39, 0.29) is 0 Å². The normalized spacial score (nSPS) is 17.7. The predicted molar refractivity (Wildman–Crippen MR) is 69.3 cm³/mol. The van der Waals surface area contributed by atoms with Gasteiger partial charge in [0.2, 0.25) is 6.41 Å². The number of piperazine rings is 1. The summed E-state index contributed by atoms with van der Waals surface area (Å²) in [5.41, 5.74) is 0.854. The summed E-state index contributed by atoms with van der Waals surface area (Å²) in [5, 5.41) is 9.70. The quantitative estimate of drug-likeness (QED) is 0.802. The number of amides is 1. The topological polar surface area (TPSA) is 56.7 Å². The Hall–Kier alpha value is -1.62. The molecular formula is C13H19N3O2. The number of hydrogen-bond donors (Lipinski definition) is 1. The molecule has 5 heteroatoms. The maximum absolute atomic E-state index is 10.6. The predicted octanol–water partition coefficient (Wildman–Crippen LogP) is 0.803. The van der Waals surface area contributed by atoms with E-state index in [1.54, 1.807) is 11.1 Å². The summed E-state index contributed by atoms with van der Waals surface area (Å²) in [4.78, 5) is 18.9. The van der Waals surface area contributed by atoms with Gasteiger partial charge in [-0.15, -0.1) is 0 Å². The van der Waals surface area contributed by atoms with Crippen molar-refractivity contribution in [3.05, 3.63) is 23.9 Å². The number of hydrogen-bond acceptors (Lipinski definition) is 4. The summed E-state index contributed by atoms with van der Waals surface area (Å²) in [6.07, 6.45) is 2.89. The van der Waals surface area contributed by atoms with Crippen LogP contribution >= 0.6 is 0 Å². The standard InChI is InChI=1S/C13H19N3O2/c1-2-12(18)11-3-4-13(14-9-11)16-7-5-15(10-17)6-8-16/h3-4,9-10,12,18H,2,5-8H2,1H3/t12-/m0/s1. The van der Waals surface area contributed by atoms with Gasteiger partial charge in [0, 0.05) is 32.4 Å². The van der Waals surface area contributed by atoms with E-state index in [4.69, 9.17) is 0 Å². The van der Waals surface area contributed by atoms with E-state index in [0.717, 1.165) is 44.0 Å². The summed E-state index contributed by atoms with van der Waals surface area (Å²) < 4.78 is 0. The minimum Gasteiger partial charge on any atom is -0.388 e. The van der Waals surface area contributed by atoms with Gasteiger partial charge in [-0.25, -0.2) is 4.98 Å². The van der Waals surface area contributed by atoms with Crippen LogP contribution in [0, 0.1) is 0 Å². The number of aliphatic hydroxyl groups excluding tert-OH is 1. The molecule has 98 valence electrons. The molecule has 1 aromatic rings. The zero-order valence-electron chi connectivity index (χ0n) is 10.6. The largest absolute Gasteiger partial charge is 0.388 e. The summed E-state index contributed by atoms with van der Waals surface area (Å²) >= 11 is 0. The molecule has 1 aliphatic heterocycles. The molecule has 18 heavy (non-hydrogen) atoms. The molecule has 0 bridgehead atoms. The Morgan fingerprint density at radius 1 is 1.39 bits per heavy atom. The zero-order valence-corrected chi connectivity index (χ0v) is 10.6. The lowest BCUT2D eigenvalue weighted by atomic mass is 10.1. The Morgan fingerprint density at radius 2 is 2.11 bits per heavy atom. The van der Waals surface area contributed by atoms with Gasteiger partial charge in [0.05, 0.1) is 6.10 Å². The maximum Gasteiger partial charge on any atom is 0.209 e. The Kier molecular flexibility index (Phi) is 4.15. The summed E-state index contributed by atoms with van der Waals surface area (Å²) in [5.74, 6) is 0.910. The lowest BCUT2D eigenvalue weighted by Gasteiger charge is -2.33. The van der Waals surface area contributed by atoms with Crippen LogP contribution in [0.15, 0.2) is 18.3 Å². The van der Waals surface area contributed by atoms with Gasteiger partial charge in [0.15, 0.2) is 0 Å². The summed E-state index contributed by atoms with van der Waals surface area (Å²) in [7, 11) is 0. The lowest BCUT2D eigenvalue weighted by Crippen LogP contribution is -2.46. The van der Waals surface area contributed by atoms with Crippen LogP contribution in [0.5, 0.6) is 0 Å².